The predicted molar refractivity (Wildman–Crippen MR) is 69.1 cm³/mol. The third-order valence-electron chi connectivity index (χ3n) is 2.37. The quantitative estimate of drug-likeness (QED) is 0.864. The molecule has 0 fully saturated rings. The van der Waals surface area contributed by atoms with Gasteiger partial charge in [0.1, 0.15) is 5.82 Å². The number of benzene rings is 1. The number of rotatable bonds is 3. The zero-order valence-electron chi connectivity index (χ0n) is 10.6. The normalized spacial score (nSPS) is 11.9. The summed E-state index contributed by atoms with van der Waals surface area (Å²) in [5.74, 6) is -1.01. The monoisotopic (exact) mass is 305 g/mol. The smallest absolute Gasteiger partial charge is 0.358 e. The maximum atomic E-state index is 13.0. The van der Waals surface area contributed by atoms with Gasteiger partial charge in [0, 0.05) is 23.1 Å². The highest BCUT2D eigenvalue weighted by Gasteiger charge is 2.35. The van der Waals surface area contributed by atoms with Gasteiger partial charge in [0.05, 0.1) is 5.56 Å². The minimum atomic E-state index is -4.66. The molecule has 1 N–H and O–H groups in total. The van der Waals surface area contributed by atoms with E-state index in [0.29, 0.717) is 11.2 Å². The molecule has 8 heteroatoms. The fourth-order valence-electron chi connectivity index (χ4n) is 1.58. The van der Waals surface area contributed by atoms with Crippen molar-refractivity contribution >= 4 is 16.7 Å². The number of nitrogens with one attached hydrogen (secondary N) is 1. The van der Waals surface area contributed by atoms with E-state index in [9.17, 15) is 17.6 Å². The summed E-state index contributed by atoms with van der Waals surface area (Å²) in [5, 5.41) is 3.38. The lowest BCUT2D eigenvalue weighted by Gasteiger charge is -2.10. The average molecular weight is 305 g/mol. The van der Waals surface area contributed by atoms with E-state index in [1.54, 1.807) is 0 Å². The lowest BCUT2D eigenvalue weighted by Crippen LogP contribution is -2.10. The highest BCUT2D eigenvalue weighted by atomic mass is 32.1. The Hall–Kier alpha value is -1.70. The van der Waals surface area contributed by atoms with E-state index in [4.69, 9.17) is 0 Å². The van der Waals surface area contributed by atoms with Gasteiger partial charge in [-0.1, -0.05) is 0 Å². The second-order valence-corrected chi connectivity index (χ2v) is 5.16. The van der Waals surface area contributed by atoms with Gasteiger partial charge >= 0.3 is 6.18 Å². The average Bonchev–Trinajstić information content (AvgIpc) is 2.75. The van der Waals surface area contributed by atoms with Crippen molar-refractivity contribution < 1.29 is 17.6 Å². The summed E-state index contributed by atoms with van der Waals surface area (Å²) in [6, 6.07) is 2.54. The molecular formula is C12H11F4N3S. The Morgan fingerprint density at radius 1 is 1.25 bits per heavy atom. The summed E-state index contributed by atoms with van der Waals surface area (Å²) in [4.78, 5) is 4.00. The Morgan fingerprint density at radius 2 is 1.95 bits per heavy atom. The van der Waals surface area contributed by atoms with Crippen molar-refractivity contribution in [1.29, 1.82) is 0 Å². The molecule has 0 radical (unpaired) electrons. The summed E-state index contributed by atoms with van der Waals surface area (Å²) in [6.07, 6.45) is -4.66. The van der Waals surface area contributed by atoms with Gasteiger partial charge in [-0.25, -0.2) is 4.39 Å². The van der Waals surface area contributed by atoms with E-state index in [1.807, 2.05) is 13.8 Å². The molecule has 0 spiro atoms. The van der Waals surface area contributed by atoms with Gasteiger partial charge in [-0.2, -0.15) is 22.5 Å². The van der Waals surface area contributed by atoms with Gasteiger partial charge in [-0.05, 0) is 32.0 Å². The standard InChI is InChI=1S/C12H11F4N3S/c1-6(2)17-11-18-10(19-20-11)8-4-3-7(13)5-9(8)12(14,15)16/h3-6H,1-2H3,(H,17,18,19). The first-order valence-corrected chi connectivity index (χ1v) is 6.52. The summed E-state index contributed by atoms with van der Waals surface area (Å²) in [7, 11) is 0. The van der Waals surface area contributed by atoms with E-state index >= 15 is 0 Å². The molecule has 0 aliphatic rings. The van der Waals surface area contributed by atoms with Crippen LogP contribution in [0.5, 0.6) is 0 Å². The molecule has 0 atom stereocenters. The van der Waals surface area contributed by atoms with Gasteiger partial charge in [0.15, 0.2) is 5.82 Å². The highest BCUT2D eigenvalue weighted by Crippen LogP contribution is 2.37. The molecule has 0 saturated heterocycles. The van der Waals surface area contributed by atoms with Crippen LogP contribution in [0.15, 0.2) is 18.2 Å². The van der Waals surface area contributed by atoms with Crippen molar-refractivity contribution in [2.24, 2.45) is 0 Å². The van der Waals surface area contributed by atoms with Crippen LogP contribution in [0.3, 0.4) is 0 Å². The fourth-order valence-corrected chi connectivity index (χ4v) is 2.31. The van der Waals surface area contributed by atoms with Crippen molar-refractivity contribution in [2.75, 3.05) is 5.32 Å². The number of aromatic nitrogens is 2. The Kier molecular flexibility index (Phi) is 3.94. The minimum Gasteiger partial charge on any atom is -0.358 e. The fraction of sp³-hybridized carbons (Fsp3) is 0.333. The van der Waals surface area contributed by atoms with Crippen LogP contribution >= 0.6 is 11.5 Å². The van der Waals surface area contributed by atoms with Crippen molar-refractivity contribution in [3.05, 3.63) is 29.6 Å². The molecule has 0 aliphatic carbocycles. The van der Waals surface area contributed by atoms with Gasteiger partial charge in [-0.15, -0.1) is 0 Å². The molecule has 1 aromatic heterocycles. The molecule has 0 unspecified atom stereocenters. The zero-order valence-corrected chi connectivity index (χ0v) is 11.4. The molecular weight excluding hydrogens is 294 g/mol. The van der Waals surface area contributed by atoms with E-state index in [1.165, 1.54) is 0 Å². The summed E-state index contributed by atoms with van der Waals surface area (Å²) in [6.45, 7) is 3.75. The number of anilines is 1. The maximum absolute atomic E-state index is 13.0. The van der Waals surface area contributed by atoms with Crippen LogP contribution in [0.1, 0.15) is 19.4 Å². The van der Waals surface area contributed by atoms with Crippen LogP contribution in [-0.4, -0.2) is 15.4 Å². The van der Waals surface area contributed by atoms with Gasteiger partial charge in [0.2, 0.25) is 5.13 Å². The van der Waals surface area contributed by atoms with E-state index in [0.717, 1.165) is 23.7 Å². The van der Waals surface area contributed by atoms with Gasteiger partial charge < -0.3 is 5.32 Å². The molecule has 3 nitrogen and oxygen atoms in total. The van der Waals surface area contributed by atoms with E-state index in [-0.39, 0.29) is 17.4 Å². The highest BCUT2D eigenvalue weighted by molar-refractivity contribution is 7.09. The van der Waals surface area contributed by atoms with Crippen LogP contribution in [0, 0.1) is 5.82 Å². The molecule has 0 bridgehead atoms. The Morgan fingerprint density at radius 3 is 2.55 bits per heavy atom. The third-order valence-corrected chi connectivity index (χ3v) is 3.01. The lowest BCUT2D eigenvalue weighted by molar-refractivity contribution is -0.137. The Bertz CT molecular complexity index is 607. The van der Waals surface area contributed by atoms with Crippen molar-refractivity contribution in [3.63, 3.8) is 0 Å². The van der Waals surface area contributed by atoms with Gasteiger partial charge in [0.25, 0.3) is 0 Å². The van der Waals surface area contributed by atoms with Crippen molar-refractivity contribution in [3.8, 4) is 11.4 Å². The number of halogens is 4. The van der Waals surface area contributed by atoms with Crippen LogP contribution in [0.4, 0.5) is 22.7 Å². The molecule has 0 saturated carbocycles. The zero-order chi connectivity index (χ0) is 14.9. The first-order valence-electron chi connectivity index (χ1n) is 5.74. The number of alkyl halides is 3. The second kappa shape index (κ2) is 5.35. The largest absolute Gasteiger partial charge is 0.417 e. The third kappa shape index (κ3) is 3.24. The van der Waals surface area contributed by atoms with E-state index < -0.39 is 17.6 Å². The number of hydrogen-bond acceptors (Lipinski definition) is 4. The molecule has 0 aliphatic heterocycles. The lowest BCUT2D eigenvalue weighted by atomic mass is 10.1. The van der Waals surface area contributed by atoms with Crippen LogP contribution in [0.2, 0.25) is 0 Å². The van der Waals surface area contributed by atoms with Crippen molar-refractivity contribution in [1.82, 2.24) is 9.36 Å². The second-order valence-electron chi connectivity index (χ2n) is 4.41. The van der Waals surface area contributed by atoms with E-state index in [2.05, 4.69) is 14.7 Å². The van der Waals surface area contributed by atoms with Crippen molar-refractivity contribution in [2.45, 2.75) is 26.1 Å². The minimum absolute atomic E-state index is 0.0644. The summed E-state index contributed by atoms with van der Waals surface area (Å²) < 4.78 is 55.6. The Labute approximate surface area is 116 Å². The summed E-state index contributed by atoms with van der Waals surface area (Å²) >= 11 is 0.963. The predicted octanol–water partition coefficient (Wildman–Crippen LogP) is 4.18. The molecule has 108 valence electrons. The first-order chi connectivity index (χ1) is 9.27. The number of nitrogens with zero attached hydrogens (tertiary/aromatic N) is 2. The van der Waals surface area contributed by atoms with Crippen LogP contribution in [-0.2, 0) is 6.18 Å². The molecule has 2 aromatic rings. The maximum Gasteiger partial charge on any atom is 0.417 e. The summed E-state index contributed by atoms with van der Waals surface area (Å²) in [5.41, 5.74) is -1.31. The molecule has 0 amide bonds. The molecule has 2 rings (SSSR count). The van der Waals surface area contributed by atoms with Gasteiger partial charge in [-0.3, -0.25) is 0 Å². The van der Waals surface area contributed by atoms with Crippen LogP contribution < -0.4 is 5.32 Å². The first kappa shape index (κ1) is 14.7. The van der Waals surface area contributed by atoms with Crippen LogP contribution in [0.25, 0.3) is 11.4 Å². The molecule has 1 aromatic carbocycles. The molecule has 1 heterocycles. The SMILES string of the molecule is CC(C)Nc1nc(-c2ccc(F)cc2C(F)(F)F)ns1. The molecule has 20 heavy (non-hydrogen) atoms. The topological polar surface area (TPSA) is 37.8 Å². The number of hydrogen-bond donors (Lipinski definition) is 1. The Balaban J connectivity index is 2.45.